The van der Waals surface area contributed by atoms with E-state index in [9.17, 15) is 19.8 Å². The van der Waals surface area contributed by atoms with Gasteiger partial charge < -0.3 is 20.4 Å². The van der Waals surface area contributed by atoms with Gasteiger partial charge in [-0.15, -0.1) is 0 Å². The van der Waals surface area contributed by atoms with E-state index in [-0.39, 0.29) is 55.1 Å². The number of nitrogens with zero attached hydrogens (tertiary/aromatic N) is 3. The molecule has 0 radical (unpaired) electrons. The maximum Gasteiger partial charge on any atom is 1.00 e. The van der Waals surface area contributed by atoms with E-state index >= 15 is 0 Å². The predicted octanol–water partition coefficient (Wildman–Crippen LogP) is 10.2. The molecule has 0 saturated heterocycles. The summed E-state index contributed by atoms with van der Waals surface area (Å²) < 4.78 is 0. The molecule has 0 heterocycles. The van der Waals surface area contributed by atoms with E-state index < -0.39 is 0 Å². The predicted molar refractivity (Wildman–Crippen MR) is 251 cm³/mol. The van der Waals surface area contributed by atoms with Gasteiger partial charge in [-0.05, 0) is 72.6 Å². The van der Waals surface area contributed by atoms with Crippen LogP contribution in [-0.2, 0) is 27.0 Å². The van der Waals surface area contributed by atoms with Crippen molar-refractivity contribution in [2.75, 3.05) is 43.7 Å². The number of halogens is 2. The van der Waals surface area contributed by atoms with Crippen LogP contribution >= 0.6 is 23.2 Å². The van der Waals surface area contributed by atoms with Gasteiger partial charge in [0.25, 0.3) is 0 Å². The summed E-state index contributed by atoms with van der Waals surface area (Å²) in [7, 11) is 0. The third-order valence-corrected chi connectivity index (χ3v) is 10.4. The van der Waals surface area contributed by atoms with Crippen molar-refractivity contribution in [2.45, 2.75) is 71.1 Å². The Morgan fingerprint density at radius 2 is 0.968 bits per heavy atom. The maximum absolute atomic E-state index is 12.0. The number of carbonyl (C=O) groups is 2. The van der Waals surface area contributed by atoms with Gasteiger partial charge >= 0.3 is 1.43 Å². The molecule has 14 heteroatoms. The minimum absolute atomic E-state index is 0. The summed E-state index contributed by atoms with van der Waals surface area (Å²) in [6, 6.07) is 24.1. The van der Waals surface area contributed by atoms with Crippen LogP contribution in [-0.4, -0.2) is 81.2 Å². The Morgan fingerprint density at radius 1 is 0.565 bits per heavy atom. The molecular formula is C48H58Cl2CrN5O6+. The van der Waals surface area contributed by atoms with Gasteiger partial charge in [-0.3, -0.25) is 25.3 Å². The number of hydrogen-bond acceptors (Lipinski definition) is 11. The zero-order valence-electron chi connectivity index (χ0n) is 36.1. The molecule has 4 aromatic rings. The van der Waals surface area contributed by atoms with Crippen LogP contribution < -0.4 is 10.9 Å². The number of hydrogen-bond donors (Lipinski definition) is 6. The van der Waals surface area contributed by atoms with Gasteiger partial charge in [-0.1, -0.05) is 149 Å². The Balaban J connectivity index is 0.000000321. The second-order valence-electron chi connectivity index (χ2n) is 14.5. The third-order valence-electron chi connectivity index (χ3n) is 9.88. The zero-order valence-corrected chi connectivity index (χ0v) is 37.9. The van der Waals surface area contributed by atoms with Crippen LogP contribution in [0.2, 0.25) is 10.0 Å². The first kappa shape index (κ1) is 51.6. The van der Waals surface area contributed by atoms with Crippen molar-refractivity contribution in [2.24, 2.45) is 10.2 Å². The second-order valence-corrected chi connectivity index (χ2v) is 15.4. The molecule has 0 bridgehead atoms. The molecule has 0 amide bonds. The SMILES string of the molecule is CCCCCCCCCCCCN(CCO)CCO.O=C1C=Cc2ccccc2/C1=N/Nc1cc(Cl)ccc1O.O=C1C=Cc2ccccc2/C1=N/Nc1cc(Cl)ccc1O.[Cr].[H+]. The van der Waals surface area contributed by atoms with Crippen molar-refractivity contribution >= 4 is 69.7 Å². The Hall–Kier alpha value is -4.77. The molecule has 2 aliphatic rings. The quantitative estimate of drug-likeness (QED) is 0.0305. The monoisotopic (exact) mass is 922 g/mol. The van der Waals surface area contributed by atoms with Crippen LogP contribution in [0.15, 0.2) is 107 Å². The van der Waals surface area contributed by atoms with Crippen molar-refractivity contribution in [1.29, 1.82) is 0 Å². The number of benzene rings is 4. The summed E-state index contributed by atoms with van der Waals surface area (Å²) in [5, 5.41) is 46.5. The van der Waals surface area contributed by atoms with Crippen molar-refractivity contribution in [3.8, 4) is 11.5 Å². The summed E-state index contributed by atoms with van der Waals surface area (Å²) in [6.45, 7) is 5.04. The molecule has 0 aliphatic heterocycles. The summed E-state index contributed by atoms with van der Waals surface area (Å²) >= 11 is 11.7. The summed E-state index contributed by atoms with van der Waals surface area (Å²) in [5.41, 5.74) is 10.0. The number of aliphatic hydroxyl groups is 2. The van der Waals surface area contributed by atoms with E-state index in [1.54, 1.807) is 24.3 Å². The Morgan fingerprint density at radius 3 is 1.39 bits per heavy atom. The molecule has 0 spiro atoms. The molecule has 6 rings (SSSR count). The Labute approximate surface area is 387 Å². The summed E-state index contributed by atoms with van der Waals surface area (Å²) in [5.74, 6) is -0.364. The number of aromatic hydroxyl groups is 2. The number of rotatable bonds is 19. The fourth-order valence-electron chi connectivity index (χ4n) is 6.57. The van der Waals surface area contributed by atoms with Gasteiger partial charge in [-0.25, -0.2) is 0 Å². The normalized spacial score (nSPS) is 13.7. The van der Waals surface area contributed by atoms with Crippen LogP contribution in [0.5, 0.6) is 11.5 Å². The van der Waals surface area contributed by atoms with Crippen LogP contribution in [0, 0.1) is 0 Å². The maximum atomic E-state index is 12.0. The number of fused-ring (bicyclic) bond motifs is 2. The number of nitrogens with one attached hydrogen (secondary N) is 2. The fourth-order valence-corrected chi connectivity index (χ4v) is 6.91. The van der Waals surface area contributed by atoms with E-state index in [1.807, 2.05) is 48.5 Å². The van der Waals surface area contributed by atoms with Crippen molar-refractivity contribution in [3.05, 3.63) is 129 Å². The molecule has 330 valence electrons. The molecule has 6 N–H and O–H groups in total. The minimum Gasteiger partial charge on any atom is -0.506 e. The number of carbonyl (C=O) groups excluding carboxylic acids is 2. The van der Waals surface area contributed by atoms with Crippen LogP contribution in [0.25, 0.3) is 12.2 Å². The molecule has 62 heavy (non-hydrogen) atoms. The minimum atomic E-state index is -0.192. The third kappa shape index (κ3) is 17.2. The largest absolute Gasteiger partial charge is 1.00 e. The molecule has 0 fully saturated rings. The van der Waals surface area contributed by atoms with Crippen molar-refractivity contribution in [1.82, 2.24) is 4.90 Å². The smallest absolute Gasteiger partial charge is 0.506 e. The van der Waals surface area contributed by atoms with E-state index in [0.29, 0.717) is 45.9 Å². The average molecular weight is 924 g/mol. The molecule has 2 aliphatic carbocycles. The molecule has 0 unspecified atom stereocenters. The zero-order chi connectivity index (χ0) is 43.8. The van der Waals surface area contributed by atoms with Gasteiger partial charge in [0.15, 0.2) is 0 Å². The standard InChI is InChI=1S/2C16H11ClN2O2.C16H35NO2.Cr/c2*17-11-6-8-14(20)13(9-11)18-19-16-12-4-2-1-3-10(12)5-7-15(16)21;1-2-3-4-5-6-7-8-9-10-11-12-17(13-15-18)14-16-19;/h2*1-9,18,20H;18-19H,2-16H2,1H3;/p+1/b2*19-16-;;. The average Bonchev–Trinajstić information content (AvgIpc) is 3.26. The fraction of sp³-hybridized carbons (Fsp3) is 0.333. The topological polar surface area (TPSA) is 167 Å². The molecule has 11 nitrogen and oxygen atoms in total. The number of aliphatic hydroxyl groups excluding tert-OH is 2. The summed E-state index contributed by atoms with van der Waals surface area (Å²) in [6.07, 6.45) is 20.0. The Kier molecular flexibility index (Phi) is 23.9. The number of anilines is 2. The molecule has 0 aromatic heterocycles. The molecule has 0 saturated carbocycles. The molecule has 0 atom stereocenters. The van der Waals surface area contributed by atoms with Crippen LogP contribution in [0.1, 0.15) is 94.8 Å². The number of hydrazone groups is 2. The van der Waals surface area contributed by atoms with Gasteiger partial charge in [0.1, 0.15) is 22.9 Å². The van der Waals surface area contributed by atoms with E-state index in [2.05, 4.69) is 32.9 Å². The van der Waals surface area contributed by atoms with Crippen molar-refractivity contribution < 1.29 is 48.8 Å². The van der Waals surface area contributed by atoms with Crippen LogP contribution in [0.4, 0.5) is 11.4 Å². The van der Waals surface area contributed by atoms with E-state index in [1.165, 1.54) is 101 Å². The molecule has 4 aromatic carbocycles. The van der Waals surface area contributed by atoms with E-state index in [4.69, 9.17) is 33.4 Å². The van der Waals surface area contributed by atoms with Gasteiger partial charge in [-0.2, -0.15) is 10.2 Å². The molecular weight excluding hydrogens is 865 g/mol. The number of allylic oxidation sites excluding steroid dienone is 2. The van der Waals surface area contributed by atoms with Crippen molar-refractivity contribution in [3.63, 3.8) is 0 Å². The summed E-state index contributed by atoms with van der Waals surface area (Å²) in [4.78, 5) is 26.1. The Bertz CT molecular complexity index is 2030. The second kappa shape index (κ2) is 28.8. The number of phenols is 2. The van der Waals surface area contributed by atoms with E-state index in [0.717, 1.165) is 28.8 Å². The first-order chi connectivity index (χ1) is 29.6. The first-order valence-electron chi connectivity index (χ1n) is 20.9. The van der Waals surface area contributed by atoms with Crippen LogP contribution in [0.3, 0.4) is 0 Å². The number of ketones is 2. The first-order valence-corrected chi connectivity index (χ1v) is 21.6. The number of phenolic OH excluding ortho intramolecular Hbond substituents is 2. The number of unbranched alkanes of at least 4 members (excludes halogenated alkanes) is 9. The van der Waals surface area contributed by atoms with Gasteiger partial charge in [0.05, 0.1) is 24.6 Å². The van der Waals surface area contributed by atoms with Gasteiger partial charge in [0.2, 0.25) is 11.6 Å². The van der Waals surface area contributed by atoms with Gasteiger partial charge in [0, 0.05) is 51.6 Å².